The Morgan fingerprint density at radius 1 is 1.28 bits per heavy atom. The molecule has 1 aliphatic rings. The number of rotatable bonds is 4. The molecule has 0 aliphatic carbocycles. The fourth-order valence-electron chi connectivity index (χ4n) is 2.00. The lowest BCUT2D eigenvalue weighted by Gasteiger charge is -2.13. The predicted octanol–water partition coefficient (Wildman–Crippen LogP) is 1.90. The zero-order chi connectivity index (χ0) is 13.2. The molecular formula is C12H18N2O2S2. The van der Waals surface area contributed by atoms with Gasteiger partial charge in [0.15, 0.2) is 0 Å². The largest absolute Gasteiger partial charge is 0.381 e. The molecule has 0 saturated carbocycles. The van der Waals surface area contributed by atoms with Crippen LogP contribution in [0.15, 0.2) is 29.2 Å². The summed E-state index contributed by atoms with van der Waals surface area (Å²) < 4.78 is 25.4. The van der Waals surface area contributed by atoms with Crippen LogP contribution in [-0.4, -0.2) is 32.5 Å². The minimum Gasteiger partial charge on any atom is -0.381 e. The van der Waals surface area contributed by atoms with Crippen molar-refractivity contribution in [2.75, 3.05) is 18.1 Å². The number of anilines is 1. The van der Waals surface area contributed by atoms with Crippen molar-refractivity contribution >= 4 is 27.5 Å². The van der Waals surface area contributed by atoms with E-state index in [1.54, 1.807) is 12.1 Å². The number of thioether (sulfide) groups is 1. The van der Waals surface area contributed by atoms with Gasteiger partial charge in [0.05, 0.1) is 4.90 Å². The molecule has 2 rings (SSSR count). The number of sulfonamides is 1. The van der Waals surface area contributed by atoms with Gasteiger partial charge < -0.3 is 5.32 Å². The van der Waals surface area contributed by atoms with Gasteiger partial charge in [-0.1, -0.05) is 6.92 Å². The van der Waals surface area contributed by atoms with E-state index in [1.165, 1.54) is 7.05 Å². The van der Waals surface area contributed by atoms with Crippen LogP contribution in [-0.2, 0) is 10.0 Å². The molecule has 0 aromatic heterocycles. The average Bonchev–Trinajstić information content (AvgIpc) is 2.75. The van der Waals surface area contributed by atoms with Crippen LogP contribution in [0.2, 0.25) is 0 Å². The summed E-state index contributed by atoms with van der Waals surface area (Å²) in [5.41, 5.74) is 0.977. The Kier molecular flexibility index (Phi) is 4.19. The molecule has 1 heterocycles. The monoisotopic (exact) mass is 286 g/mol. The third-order valence-corrected chi connectivity index (χ3v) is 5.79. The Bertz CT molecular complexity index is 499. The van der Waals surface area contributed by atoms with Crippen molar-refractivity contribution in [3.05, 3.63) is 24.3 Å². The summed E-state index contributed by atoms with van der Waals surface area (Å²) >= 11 is 1.97. The van der Waals surface area contributed by atoms with Gasteiger partial charge in [-0.15, -0.1) is 0 Å². The quantitative estimate of drug-likeness (QED) is 0.887. The van der Waals surface area contributed by atoms with E-state index in [-0.39, 0.29) is 0 Å². The zero-order valence-electron chi connectivity index (χ0n) is 10.5. The lowest BCUT2D eigenvalue weighted by molar-refractivity contribution is 0.588. The molecule has 2 N–H and O–H groups in total. The van der Waals surface area contributed by atoms with Gasteiger partial charge in [0.25, 0.3) is 0 Å². The molecule has 2 unspecified atom stereocenters. The second-order valence-electron chi connectivity index (χ2n) is 4.45. The van der Waals surface area contributed by atoms with Crippen LogP contribution >= 0.6 is 11.8 Å². The Labute approximate surface area is 113 Å². The Morgan fingerprint density at radius 3 is 2.44 bits per heavy atom. The summed E-state index contributed by atoms with van der Waals surface area (Å²) in [5, 5.41) is 4.13. The first-order valence-corrected chi connectivity index (χ1v) is 8.46. The van der Waals surface area contributed by atoms with E-state index in [0.717, 1.165) is 17.9 Å². The Hall–Kier alpha value is -0.720. The maximum absolute atomic E-state index is 11.6. The molecule has 0 bridgehead atoms. The van der Waals surface area contributed by atoms with Gasteiger partial charge in [0.1, 0.15) is 0 Å². The van der Waals surface area contributed by atoms with Gasteiger partial charge in [-0.05, 0) is 37.7 Å². The first kappa shape index (κ1) is 13.7. The highest BCUT2D eigenvalue weighted by Gasteiger charge is 2.21. The Balaban J connectivity index is 2.04. The maximum Gasteiger partial charge on any atom is 0.240 e. The summed E-state index contributed by atoms with van der Waals surface area (Å²) in [6.45, 7) is 2.23. The van der Waals surface area contributed by atoms with Crippen LogP contribution in [0.1, 0.15) is 13.3 Å². The van der Waals surface area contributed by atoms with Crippen molar-refractivity contribution in [1.29, 1.82) is 0 Å². The zero-order valence-corrected chi connectivity index (χ0v) is 12.1. The highest BCUT2D eigenvalue weighted by molar-refractivity contribution is 8.00. The van der Waals surface area contributed by atoms with E-state index < -0.39 is 10.0 Å². The summed E-state index contributed by atoms with van der Waals surface area (Å²) in [6, 6.07) is 7.37. The molecular weight excluding hydrogens is 268 g/mol. The summed E-state index contributed by atoms with van der Waals surface area (Å²) in [7, 11) is -1.92. The lowest BCUT2D eigenvalue weighted by Crippen LogP contribution is -2.20. The molecule has 1 aromatic rings. The predicted molar refractivity (Wildman–Crippen MR) is 76.6 cm³/mol. The fraction of sp³-hybridized carbons (Fsp3) is 0.500. The van der Waals surface area contributed by atoms with Crippen LogP contribution in [0.25, 0.3) is 0 Å². The van der Waals surface area contributed by atoms with E-state index in [4.69, 9.17) is 0 Å². The lowest BCUT2D eigenvalue weighted by atomic mass is 10.2. The summed E-state index contributed by atoms with van der Waals surface area (Å²) in [4.78, 5) is 0.296. The minimum absolute atomic E-state index is 0.296. The second kappa shape index (κ2) is 5.50. The van der Waals surface area contributed by atoms with Crippen molar-refractivity contribution in [2.45, 2.75) is 29.5 Å². The number of benzene rings is 1. The highest BCUT2D eigenvalue weighted by atomic mass is 32.2. The molecule has 0 radical (unpaired) electrons. The SMILES string of the molecule is CNS(=O)(=O)c1ccc(NC2CSC(C)C2)cc1. The van der Waals surface area contributed by atoms with Gasteiger partial charge in [-0.25, -0.2) is 13.1 Å². The average molecular weight is 286 g/mol. The molecule has 6 heteroatoms. The van der Waals surface area contributed by atoms with Crippen LogP contribution in [0, 0.1) is 0 Å². The summed E-state index contributed by atoms with van der Waals surface area (Å²) in [6.07, 6.45) is 1.15. The van der Waals surface area contributed by atoms with Crippen molar-refractivity contribution in [3.8, 4) is 0 Å². The van der Waals surface area contributed by atoms with Crippen molar-refractivity contribution in [1.82, 2.24) is 4.72 Å². The van der Waals surface area contributed by atoms with Crippen molar-refractivity contribution < 1.29 is 8.42 Å². The van der Waals surface area contributed by atoms with Crippen LogP contribution in [0.3, 0.4) is 0 Å². The third-order valence-electron chi connectivity index (χ3n) is 3.00. The smallest absolute Gasteiger partial charge is 0.240 e. The van der Waals surface area contributed by atoms with E-state index >= 15 is 0 Å². The van der Waals surface area contributed by atoms with Crippen LogP contribution < -0.4 is 10.0 Å². The molecule has 2 atom stereocenters. The molecule has 100 valence electrons. The first-order valence-electron chi connectivity index (χ1n) is 5.93. The van der Waals surface area contributed by atoms with Gasteiger partial charge >= 0.3 is 0 Å². The molecule has 1 aromatic carbocycles. The van der Waals surface area contributed by atoms with Gasteiger partial charge in [0, 0.05) is 22.7 Å². The van der Waals surface area contributed by atoms with Gasteiger partial charge in [-0.3, -0.25) is 0 Å². The number of hydrogen-bond acceptors (Lipinski definition) is 4. The van der Waals surface area contributed by atoms with Crippen LogP contribution in [0.4, 0.5) is 5.69 Å². The normalized spacial score (nSPS) is 24.1. The van der Waals surface area contributed by atoms with Gasteiger partial charge in [0.2, 0.25) is 10.0 Å². The van der Waals surface area contributed by atoms with Crippen LogP contribution in [0.5, 0.6) is 0 Å². The van der Waals surface area contributed by atoms with E-state index in [0.29, 0.717) is 16.2 Å². The summed E-state index contributed by atoms with van der Waals surface area (Å²) in [5.74, 6) is 1.11. The first-order chi connectivity index (χ1) is 8.51. The molecule has 0 amide bonds. The molecule has 1 aliphatic heterocycles. The topological polar surface area (TPSA) is 58.2 Å². The van der Waals surface area contributed by atoms with E-state index in [1.807, 2.05) is 23.9 Å². The highest BCUT2D eigenvalue weighted by Crippen LogP contribution is 2.28. The number of hydrogen-bond donors (Lipinski definition) is 2. The second-order valence-corrected chi connectivity index (χ2v) is 7.81. The fourth-order valence-corrected chi connectivity index (χ4v) is 3.88. The van der Waals surface area contributed by atoms with E-state index in [9.17, 15) is 8.42 Å². The standard InChI is InChI=1S/C12H18N2O2S2/c1-9-7-11(8-17-9)14-10-3-5-12(6-4-10)18(15,16)13-2/h3-6,9,11,13-14H,7-8H2,1-2H3. The molecule has 1 fully saturated rings. The molecule has 1 saturated heterocycles. The maximum atomic E-state index is 11.6. The van der Waals surface area contributed by atoms with Crippen molar-refractivity contribution in [3.63, 3.8) is 0 Å². The number of nitrogens with one attached hydrogen (secondary N) is 2. The Morgan fingerprint density at radius 2 is 1.94 bits per heavy atom. The van der Waals surface area contributed by atoms with Crippen molar-refractivity contribution in [2.24, 2.45) is 0 Å². The molecule has 0 spiro atoms. The molecule has 4 nitrogen and oxygen atoms in total. The van der Waals surface area contributed by atoms with Gasteiger partial charge in [-0.2, -0.15) is 11.8 Å². The third kappa shape index (κ3) is 3.18. The van der Waals surface area contributed by atoms with E-state index in [2.05, 4.69) is 17.0 Å². The minimum atomic E-state index is -3.33. The molecule has 18 heavy (non-hydrogen) atoms.